The van der Waals surface area contributed by atoms with E-state index < -0.39 is 6.09 Å². The number of alkyl carbamates (subject to hydrolysis) is 1. The zero-order valence-corrected chi connectivity index (χ0v) is 26.0. The Morgan fingerprint density at radius 2 is 1.62 bits per heavy atom. The van der Waals surface area contributed by atoms with Crippen LogP contribution in [0.25, 0.3) is 0 Å². The van der Waals surface area contributed by atoms with Crippen LogP contribution < -0.4 is 15.5 Å². The van der Waals surface area contributed by atoms with Crippen molar-refractivity contribution >= 4 is 35.2 Å². The van der Waals surface area contributed by atoms with Gasteiger partial charge in [-0.05, 0) is 44.4 Å². The first kappa shape index (κ1) is 36.3. The van der Waals surface area contributed by atoms with Crippen molar-refractivity contribution in [2.45, 2.75) is 59.3 Å². The summed E-state index contributed by atoms with van der Waals surface area (Å²) in [6, 6.07) is 7.10. The molecule has 1 aromatic carbocycles. The number of carbonyl (C=O) groups is 5. The molecule has 1 aromatic rings. The number of carbonyl (C=O) groups excluding carboxylic acids is 5. The van der Waals surface area contributed by atoms with Crippen molar-refractivity contribution in [2.24, 2.45) is 5.92 Å². The van der Waals surface area contributed by atoms with E-state index in [9.17, 15) is 24.0 Å². The van der Waals surface area contributed by atoms with E-state index in [4.69, 9.17) is 9.47 Å². The molecule has 1 unspecified atom stereocenters. The summed E-state index contributed by atoms with van der Waals surface area (Å²) >= 11 is 0. The number of nitrogens with one attached hydrogen (secondary N) is 2. The van der Waals surface area contributed by atoms with Crippen LogP contribution in [0.1, 0.15) is 58.4 Å². The number of hydrogen-bond donors (Lipinski definition) is 2. The molecule has 1 atom stereocenters. The van der Waals surface area contributed by atoms with Crippen molar-refractivity contribution < 1.29 is 33.4 Å². The lowest BCUT2D eigenvalue weighted by Gasteiger charge is -2.21. The number of likely N-dealkylation sites (N-methyl/N-ethyl adjacent to an activating group) is 1. The third-order valence-electron chi connectivity index (χ3n) is 6.84. The van der Waals surface area contributed by atoms with Crippen LogP contribution in [0.3, 0.4) is 0 Å². The van der Waals surface area contributed by atoms with Crippen molar-refractivity contribution in [1.82, 2.24) is 15.5 Å². The standard InChI is InChI=1S/C31H48N4O7/c1-23(25(3)36)10-7-8-15-33-31(40)42-18-9-17-41-19-16-34(5)29(38)22-30(39)35(6)27-13-11-26(12-14-27)21-28(37)20-24(2)32-4/h11-14,20,23,32H,7-10,15-19,21-22H2,1-6H3,(H,33,40)/b24-20-. The molecule has 2 N–H and O–H groups in total. The number of unbranched alkanes of at least 4 members (excludes halogenated alkanes) is 1. The summed E-state index contributed by atoms with van der Waals surface area (Å²) in [5.74, 6) is -0.451. The first-order valence-corrected chi connectivity index (χ1v) is 14.4. The fraction of sp³-hybridized carbons (Fsp3) is 0.581. The van der Waals surface area contributed by atoms with Crippen LogP contribution in [-0.2, 0) is 35.1 Å². The van der Waals surface area contributed by atoms with E-state index in [-0.39, 0.29) is 48.7 Å². The molecule has 42 heavy (non-hydrogen) atoms. The Labute approximate surface area is 250 Å². The molecule has 0 aliphatic heterocycles. The Bertz CT molecular complexity index is 1060. The van der Waals surface area contributed by atoms with Crippen LogP contribution >= 0.6 is 0 Å². The number of anilines is 1. The van der Waals surface area contributed by atoms with Crippen LogP contribution in [0.15, 0.2) is 36.0 Å². The van der Waals surface area contributed by atoms with Crippen LogP contribution in [0.5, 0.6) is 0 Å². The molecule has 0 radical (unpaired) electrons. The minimum absolute atomic E-state index is 0.0206. The lowest BCUT2D eigenvalue weighted by Crippen LogP contribution is -2.36. The molecule has 0 fully saturated rings. The van der Waals surface area contributed by atoms with Gasteiger partial charge in [-0.15, -0.1) is 0 Å². The van der Waals surface area contributed by atoms with Gasteiger partial charge in [0.15, 0.2) is 5.78 Å². The third-order valence-corrected chi connectivity index (χ3v) is 6.84. The van der Waals surface area contributed by atoms with E-state index in [0.29, 0.717) is 38.4 Å². The first-order valence-electron chi connectivity index (χ1n) is 14.4. The van der Waals surface area contributed by atoms with Gasteiger partial charge in [-0.2, -0.15) is 0 Å². The monoisotopic (exact) mass is 588 g/mol. The van der Waals surface area contributed by atoms with Gasteiger partial charge < -0.3 is 29.9 Å². The number of allylic oxidation sites excluding steroid dienone is 2. The maximum atomic E-state index is 12.6. The van der Waals surface area contributed by atoms with Gasteiger partial charge in [0.25, 0.3) is 0 Å². The Kier molecular flexibility index (Phi) is 17.5. The fourth-order valence-electron chi connectivity index (χ4n) is 3.70. The molecule has 234 valence electrons. The van der Waals surface area contributed by atoms with Gasteiger partial charge in [0.1, 0.15) is 12.2 Å². The second-order valence-electron chi connectivity index (χ2n) is 10.4. The van der Waals surface area contributed by atoms with E-state index in [0.717, 1.165) is 30.5 Å². The number of hydrogen-bond acceptors (Lipinski definition) is 8. The number of Topliss-reactive ketones (excluding diaryl/α,β-unsaturated/α-hetero) is 1. The second kappa shape index (κ2) is 20.2. The van der Waals surface area contributed by atoms with E-state index in [1.165, 1.54) is 9.80 Å². The lowest BCUT2D eigenvalue weighted by molar-refractivity contribution is -0.134. The zero-order valence-electron chi connectivity index (χ0n) is 26.0. The molecule has 11 nitrogen and oxygen atoms in total. The summed E-state index contributed by atoms with van der Waals surface area (Å²) in [5, 5.41) is 5.60. The predicted molar refractivity (Wildman–Crippen MR) is 162 cm³/mol. The minimum atomic E-state index is -0.478. The van der Waals surface area contributed by atoms with Crippen LogP contribution in [0.4, 0.5) is 10.5 Å². The van der Waals surface area contributed by atoms with E-state index in [1.807, 2.05) is 13.8 Å². The summed E-state index contributed by atoms with van der Waals surface area (Å²) < 4.78 is 10.6. The van der Waals surface area contributed by atoms with Gasteiger partial charge in [-0.3, -0.25) is 19.2 Å². The van der Waals surface area contributed by atoms with Crippen LogP contribution in [0, 0.1) is 5.92 Å². The van der Waals surface area contributed by atoms with E-state index in [2.05, 4.69) is 10.6 Å². The molecular formula is C31H48N4O7. The highest BCUT2D eigenvalue weighted by molar-refractivity contribution is 6.04. The molecule has 0 aliphatic carbocycles. The summed E-state index contributed by atoms with van der Waals surface area (Å²) in [7, 11) is 4.98. The molecule has 1 rings (SSSR count). The Hall–Kier alpha value is -3.73. The van der Waals surface area contributed by atoms with Gasteiger partial charge in [0, 0.05) is 77.1 Å². The molecule has 0 aliphatic rings. The van der Waals surface area contributed by atoms with Gasteiger partial charge in [-0.25, -0.2) is 4.79 Å². The molecule has 11 heteroatoms. The minimum Gasteiger partial charge on any atom is -0.449 e. The SMILES string of the molecule is CN/C(C)=C\C(=O)Cc1ccc(N(C)C(=O)CC(=O)N(C)CCOCCCOC(=O)NCCCCC(C)C(C)=O)cc1. The van der Waals surface area contributed by atoms with Gasteiger partial charge in [-0.1, -0.05) is 25.5 Å². The Morgan fingerprint density at radius 1 is 0.929 bits per heavy atom. The van der Waals surface area contributed by atoms with Crippen LogP contribution in [0.2, 0.25) is 0 Å². The molecule has 0 spiro atoms. The van der Waals surface area contributed by atoms with Crippen molar-refractivity contribution in [3.63, 3.8) is 0 Å². The van der Waals surface area contributed by atoms with E-state index >= 15 is 0 Å². The average Bonchev–Trinajstić information content (AvgIpc) is 2.95. The summed E-state index contributed by atoms with van der Waals surface area (Å²) in [6.07, 6.45) is 4.04. The zero-order chi connectivity index (χ0) is 31.5. The molecular weight excluding hydrogens is 540 g/mol. The number of nitrogens with zero attached hydrogens (tertiary/aromatic N) is 2. The normalized spacial score (nSPS) is 11.8. The predicted octanol–water partition coefficient (Wildman–Crippen LogP) is 3.26. The Morgan fingerprint density at radius 3 is 2.26 bits per heavy atom. The highest BCUT2D eigenvalue weighted by atomic mass is 16.5. The van der Waals surface area contributed by atoms with Gasteiger partial charge >= 0.3 is 6.09 Å². The molecule has 0 saturated carbocycles. The van der Waals surface area contributed by atoms with Gasteiger partial charge in [0.05, 0.1) is 13.2 Å². The number of rotatable bonds is 20. The quantitative estimate of drug-likeness (QED) is 0.135. The highest BCUT2D eigenvalue weighted by Gasteiger charge is 2.18. The molecule has 0 saturated heterocycles. The summed E-state index contributed by atoms with van der Waals surface area (Å²) in [6.45, 7) is 7.02. The first-order chi connectivity index (χ1) is 19.9. The second-order valence-corrected chi connectivity index (χ2v) is 10.4. The number of benzene rings is 1. The third kappa shape index (κ3) is 15.3. The molecule has 0 heterocycles. The van der Waals surface area contributed by atoms with Crippen molar-refractivity contribution in [3.8, 4) is 0 Å². The van der Waals surface area contributed by atoms with Gasteiger partial charge in [0.2, 0.25) is 11.8 Å². The molecule has 3 amide bonds. The Balaban J connectivity index is 2.22. The topological polar surface area (TPSA) is 134 Å². The van der Waals surface area contributed by atoms with E-state index in [1.54, 1.807) is 58.4 Å². The molecule has 0 bridgehead atoms. The van der Waals surface area contributed by atoms with Crippen molar-refractivity contribution in [3.05, 3.63) is 41.6 Å². The van der Waals surface area contributed by atoms with Crippen LogP contribution in [-0.4, -0.2) is 88.4 Å². The maximum absolute atomic E-state index is 12.6. The van der Waals surface area contributed by atoms with Crippen molar-refractivity contribution in [1.29, 1.82) is 0 Å². The van der Waals surface area contributed by atoms with Crippen molar-refractivity contribution in [2.75, 3.05) is 59.0 Å². The number of ether oxygens (including phenoxy) is 2. The summed E-state index contributed by atoms with van der Waals surface area (Å²) in [4.78, 5) is 63.0. The molecule has 0 aromatic heterocycles. The fourth-order valence-corrected chi connectivity index (χ4v) is 3.70. The lowest BCUT2D eigenvalue weighted by atomic mass is 10.0. The largest absolute Gasteiger partial charge is 0.449 e. The maximum Gasteiger partial charge on any atom is 0.407 e. The average molecular weight is 589 g/mol. The summed E-state index contributed by atoms with van der Waals surface area (Å²) in [5.41, 5.74) is 2.25. The number of ketones is 2. The smallest absolute Gasteiger partial charge is 0.407 e. The number of amides is 3. The highest BCUT2D eigenvalue weighted by Crippen LogP contribution is 2.16.